The van der Waals surface area contributed by atoms with Crippen LogP contribution in [0.2, 0.25) is 0 Å². The van der Waals surface area contributed by atoms with Gasteiger partial charge in [0.25, 0.3) is 5.22 Å². The summed E-state index contributed by atoms with van der Waals surface area (Å²) in [5.74, 6) is 1.32. The van der Waals surface area contributed by atoms with Crippen molar-refractivity contribution in [2.24, 2.45) is 0 Å². The molecule has 0 radical (unpaired) electrons. The van der Waals surface area contributed by atoms with Gasteiger partial charge in [-0.05, 0) is 38.1 Å². The Kier molecular flexibility index (Phi) is 6.72. The Morgan fingerprint density at radius 1 is 1.12 bits per heavy atom. The first-order valence-corrected chi connectivity index (χ1v) is 12.5. The van der Waals surface area contributed by atoms with Gasteiger partial charge in [-0.1, -0.05) is 16.9 Å². The predicted octanol–water partition coefficient (Wildman–Crippen LogP) is 1.98. The van der Waals surface area contributed by atoms with E-state index in [2.05, 4.69) is 15.4 Å². The van der Waals surface area contributed by atoms with Gasteiger partial charge in [0, 0.05) is 31.7 Å². The fourth-order valence-electron chi connectivity index (χ4n) is 3.48. The minimum Gasteiger partial charge on any atom is -0.497 e. The lowest BCUT2D eigenvalue weighted by Crippen LogP contribution is -2.51. The number of nitrogens with zero attached hydrogens (tertiary/aromatic N) is 5. The molecule has 0 atom stereocenters. The van der Waals surface area contributed by atoms with E-state index in [4.69, 9.17) is 13.7 Å². The summed E-state index contributed by atoms with van der Waals surface area (Å²) >= 11 is 1.14. The number of carbonyl (C=O) groups excluding carboxylic acids is 1. The third-order valence-corrected chi connectivity index (χ3v) is 8.17. The molecule has 0 spiro atoms. The molecule has 0 N–H and O–H groups in total. The van der Waals surface area contributed by atoms with Crippen LogP contribution in [0, 0.1) is 13.8 Å². The first-order valence-electron chi connectivity index (χ1n) is 10.1. The van der Waals surface area contributed by atoms with Gasteiger partial charge < -0.3 is 18.6 Å². The van der Waals surface area contributed by atoms with E-state index in [0.717, 1.165) is 23.1 Å². The lowest BCUT2D eigenvalue weighted by molar-refractivity contribution is -0.129. The largest absolute Gasteiger partial charge is 0.497 e. The highest BCUT2D eigenvalue weighted by Crippen LogP contribution is 2.26. The van der Waals surface area contributed by atoms with E-state index in [-0.39, 0.29) is 40.6 Å². The normalized spacial score (nSPS) is 15.1. The van der Waals surface area contributed by atoms with Crippen LogP contribution in [0.15, 0.2) is 43.3 Å². The number of methoxy groups -OCH3 is 1. The topological polar surface area (TPSA) is 132 Å². The molecule has 0 bridgehead atoms. The molecule has 33 heavy (non-hydrogen) atoms. The van der Waals surface area contributed by atoms with Crippen molar-refractivity contribution < 1.29 is 26.9 Å². The van der Waals surface area contributed by atoms with Gasteiger partial charge in [0.05, 0.1) is 12.9 Å². The number of aromatic nitrogens is 3. The van der Waals surface area contributed by atoms with E-state index in [9.17, 15) is 13.2 Å². The van der Waals surface area contributed by atoms with Gasteiger partial charge in [-0.2, -0.15) is 4.31 Å². The van der Waals surface area contributed by atoms with Crippen molar-refractivity contribution in [3.63, 3.8) is 0 Å². The first kappa shape index (κ1) is 23.3. The Balaban J connectivity index is 1.30. The molecule has 1 saturated heterocycles. The molecular formula is C20H23N5O6S2. The predicted molar refractivity (Wildman–Crippen MR) is 118 cm³/mol. The van der Waals surface area contributed by atoms with Crippen LogP contribution >= 0.6 is 11.8 Å². The maximum Gasteiger partial charge on any atom is 0.277 e. The number of hydrogen-bond acceptors (Lipinski definition) is 10. The van der Waals surface area contributed by atoms with E-state index in [1.54, 1.807) is 38.0 Å². The molecule has 2 aromatic heterocycles. The van der Waals surface area contributed by atoms with E-state index >= 15 is 0 Å². The summed E-state index contributed by atoms with van der Waals surface area (Å²) in [6.45, 7) is 4.15. The van der Waals surface area contributed by atoms with E-state index in [1.165, 1.54) is 4.31 Å². The zero-order valence-electron chi connectivity index (χ0n) is 18.3. The SMILES string of the molecule is COc1ccc(-c2nnc(SCC(=O)N3CCN(S(=O)(=O)c4c(C)noc4C)CC3)o2)cc1. The maximum atomic E-state index is 12.9. The zero-order valence-corrected chi connectivity index (χ0v) is 20.0. The zero-order chi connectivity index (χ0) is 23.6. The molecular weight excluding hydrogens is 470 g/mol. The molecule has 1 amide bonds. The van der Waals surface area contributed by atoms with Crippen LogP contribution in [-0.4, -0.2) is 77.9 Å². The smallest absolute Gasteiger partial charge is 0.277 e. The quantitative estimate of drug-likeness (QED) is 0.450. The second-order valence-corrected chi connectivity index (χ2v) is 10.1. The van der Waals surface area contributed by atoms with E-state index in [0.29, 0.717) is 24.7 Å². The number of piperazine rings is 1. The van der Waals surface area contributed by atoms with Crippen LogP contribution in [0.1, 0.15) is 11.5 Å². The number of benzene rings is 1. The summed E-state index contributed by atoms with van der Waals surface area (Å²) in [5.41, 5.74) is 1.08. The van der Waals surface area contributed by atoms with Gasteiger partial charge in [0.1, 0.15) is 16.3 Å². The minimum absolute atomic E-state index is 0.0990. The monoisotopic (exact) mass is 493 g/mol. The number of ether oxygens (including phenoxy) is 1. The second-order valence-electron chi connectivity index (χ2n) is 7.33. The molecule has 11 nitrogen and oxygen atoms in total. The van der Waals surface area contributed by atoms with Crippen molar-refractivity contribution in [3.8, 4) is 17.2 Å². The van der Waals surface area contributed by atoms with Crippen molar-refractivity contribution >= 4 is 27.7 Å². The lowest BCUT2D eigenvalue weighted by Gasteiger charge is -2.33. The summed E-state index contributed by atoms with van der Waals surface area (Å²) in [5, 5.41) is 12.0. The third kappa shape index (κ3) is 4.89. The Labute approximate surface area is 195 Å². The van der Waals surface area contributed by atoms with E-state index < -0.39 is 10.0 Å². The number of rotatable bonds is 7. The van der Waals surface area contributed by atoms with Crippen molar-refractivity contribution in [2.75, 3.05) is 39.0 Å². The second kappa shape index (κ2) is 9.53. The van der Waals surface area contributed by atoms with Crippen LogP contribution in [-0.2, 0) is 14.8 Å². The number of hydrogen-bond donors (Lipinski definition) is 0. The molecule has 4 rings (SSSR count). The molecule has 1 aromatic carbocycles. The number of sulfonamides is 1. The van der Waals surface area contributed by atoms with Gasteiger partial charge >= 0.3 is 0 Å². The highest BCUT2D eigenvalue weighted by molar-refractivity contribution is 7.99. The molecule has 0 unspecified atom stereocenters. The number of thioether (sulfide) groups is 1. The molecule has 0 saturated carbocycles. The fraction of sp³-hybridized carbons (Fsp3) is 0.400. The third-order valence-electron chi connectivity index (χ3n) is 5.22. The summed E-state index contributed by atoms with van der Waals surface area (Å²) < 4.78 is 43.0. The van der Waals surface area contributed by atoms with Crippen molar-refractivity contribution in [2.45, 2.75) is 24.0 Å². The molecule has 3 heterocycles. The fourth-order valence-corrected chi connectivity index (χ4v) is 5.86. The van der Waals surface area contributed by atoms with Gasteiger partial charge in [-0.3, -0.25) is 4.79 Å². The molecule has 1 aliphatic heterocycles. The summed E-state index contributed by atoms with van der Waals surface area (Å²) in [7, 11) is -2.13. The lowest BCUT2D eigenvalue weighted by atomic mass is 10.2. The summed E-state index contributed by atoms with van der Waals surface area (Å²) in [6.07, 6.45) is 0. The number of carbonyl (C=O) groups is 1. The summed E-state index contributed by atoms with van der Waals surface area (Å²) in [4.78, 5) is 14.4. The molecule has 13 heteroatoms. The van der Waals surface area contributed by atoms with Crippen LogP contribution in [0.25, 0.3) is 11.5 Å². The van der Waals surface area contributed by atoms with Crippen LogP contribution in [0.5, 0.6) is 5.75 Å². The van der Waals surface area contributed by atoms with Crippen LogP contribution in [0.3, 0.4) is 0 Å². The Hall–Kier alpha value is -2.90. The van der Waals surface area contributed by atoms with Crippen LogP contribution < -0.4 is 4.74 Å². The maximum absolute atomic E-state index is 12.9. The van der Waals surface area contributed by atoms with Gasteiger partial charge in [0.2, 0.25) is 21.8 Å². The summed E-state index contributed by atoms with van der Waals surface area (Å²) in [6, 6.07) is 7.20. The molecule has 1 fully saturated rings. The van der Waals surface area contributed by atoms with Crippen molar-refractivity contribution in [1.29, 1.82) is 0 Å². The average molecular weight is 494 g/mol. The van der Waals surface area contributed by atoms with Gasteiger partial charge in [0.15, 0.2) is 5.76 Å². The Morgan fingerprint density at radius 2 is 1.82 bits per heavy atom. The van der Waals surface area contributed by atoms with Crippen molar-refractivity contribution in [3.05, 3.63) is 35.7 Å². The van der Waals surface area contributed by atoms with Gasteiger partial charge in [-0.15, -0.1) is 10.2 Å². The van der Waals surface area contributed by atoms with Crippen molar-refractivity contribution in [1.82, 2.24) is 24.6 Å². The van der Waals surface area contributed by atoms with E-state index in [1.807, 2.05) is 12.1 Å². The highest BCUT2D eigenvalue weighted by Gasteiger charge is 2.34. The first-order chi connectivity index (χ1) is 15.8. The number of aryl methyl sites for hydroxylation is 2. The minimum atomic E-state index is -3.72. The number of amides is 1. The Morgan fingerprint density at radius 3 is 2.42 bits per heavy atom. The standard InChI is InChI=1S/C20H23N5O6S2/c1-13-18(14(2)31-23-13)33(27,28)25-10-8-24(9-11-25)17(26)12-32-20-22-21-19(30-20)15-4-6-16(29-3)7-5-15/h4-7H,8-12H2,1-3H3. The molecule has 3 aromatic rings. The Bertz CT molecular complexity index is 1210. The highest BCUT2D eigenvalue weighted by atomic mass is 32.2. The molecule has 0 aliphatic carbocycles. The molecule has 176 valence electrons. The van der Waals surface area contributed by atoms with Crippen LogP contribution in [0.4, 0.5) is 0 Å². The average Bonchev–Trinajstić information content (AvgIpc) is 3.44. The van der Waals surface area contributed by atoms with Gasteiger partial charge in [-0.25, -0.2) is 8.42 Å². The molecule has 1 aliphatic rings.